The van der Waals surface area contributed by atoms with Gasteiger partial charge in [-0.3, -0.25) is 4.79 Å². The van der Waals surface area contributed by atoms with Gasteiger partial charge in [-0.15, -0.1) is 0 Å². The lowest BCUT2D eigenvalue weighted by Crippen LogP contribution is -2.08. The number of ketones is 1. The van der Waals surface area contributed by atoms with Crippen molar-refractivity contribution in [1.82, 2.24) is 4.57 Å². The van der Waals surface area contributed by atoms with Gasteiger partial charge in [0.15, 0.2) is 5.78 Å². The quantitative estimate of drug-likeness (QED) is 0.816. The van der Waals surface area contributed by atoms with Gasteiger partial charge in [-0.25, -0.2) is 4.79 Å². The molecule has 1 heterocycles. The first-order valence-electron chi connectivity index (χ1n) is 5.14. The molecule has 0 saturated heterocycles. The maximum absolute atomic E-state index is 11.8. The summed E-state index contributed by atoms with van der Waals surface area (Å²) in [5.74, 6) is -1.03. The molecule has 86 valence electrons. The number of rotatable bonds is 4. The minimum absolute atomic E-state index is 0.0434. The minimum Gasteiger partial charge on any atom is -0.478 e. The molecular formula is C13H11NO3. The van der Waals surface area contributed by atoms with E-state index in [1.54, 1.807) is 35.0 Å². The van der Waals surface area contributed by atoms with Crippen LogP contribution in [0.4, 0.5) is 0 Å². The average Bonchev–Trinajstić information content (AvgIpc) is 2.79. The molecule has 4 heteroatoms. The van der Waals surface area contributed by atoms with Gasteiger partial charge in [0.25, 0.3) is 0 Å². The Morgan fingerprint density at radius 2 is 1.76 bits per heavy atom. The van der Waals surface area contributed by atoms with E-state index in [9.17, 15) is 9.59 Å². The molecule has 2 aromatic rings. The summed E-state index contributed by atoms with van der Waals surface area (Å²) in [6, 6.07) is 10.4. The predicted molar refractivity (Wildman–Crippen MR) is 62.2 cm³/mol. The largest absolute Gasteiger partial charge is 0.478 e. The number of carbonyl (C=O) groups is 2. The zero-order valence-corrected chi connectivity index (χ0v) is 9.04. The van der Waals surface area contributed by atoms with Gasteiger partial charge in [-0.05, 0) is 6.07 Å². The molecule has 0 unspecified atom stereocenters. The van der Waals surface area contributed by atoms with Crippen molar-refractivity contribution in [2.75, 3.05) is 0 Å². The molecule has 0 fully saturated rings. The summed E-state index contributed by atoms with van der Waals surface area (Å²) in [5, 5.41) is 8.75. The molecule has 0 amide bonds. The normalized spacial score (nSPS) is 10.1. The highest BCUT2D eigenvalue weighted by Gasteiger charge is 2.08. The van der Waals surface area contributed by atoms with E-state index in [-0.39, 0.29) is 17.9 Å². The molecule has 17 heavy (non-hydrogen) atoms. The molecule has 0 atom stereocenters. The Morgan fingerprint density at radius 1 is 1.06 bits per heavy atom. The lowest BCUT2D eigenvalue weighted by Gasteiger charge is -2.01. The third-order valence-corrected chi connectivity index (χ3v) is 2.42. The van der Waals surface area contributed by atoms with Crippen LogP contribution in [0.15, 0.2) is 48.8 Å². The third kappa shape index (κ3) is 2.60. The second kappa shape index (κ2) is 4.65. The number of aromatic nitrogens is 1. The lowest BCUT2D eigenvalue weighted by molar-refractivity contribution is 0.0696. The van der Waals surface area contributed by atoms with Crippen LogP contribution in [0, 0.1) is 0 Å². The molecular weight excluding hydrogens is 218 g/mol. The van der Waals surface area contributed by atoms with Gasteiger partial charge in [0, 0.05) is 18.0 Å². The predicted octanol–water partition coefficient (Wildman–Crippen LogP) is 2.07. The number of hydrogen-bond donors (Lipinski definition) is 1. The van der Waals surface area contributed by atoms with E-state index in [0.29, 0.717) is 5.56 Å². The van der Waals surface area contributed by atoms with Gasteiger partial charge in [0.1, 0.15) is 0 Å². The molecule has 2 rings (SSSR count). The Kier molecular flexibility index (Phi) is 3.05. The highest BCUT2D eigenvalue weighted by Crippen LogP contribution is 2.05. The monoisotopic (exact) mass is 229 g/mol. The van der Waals surface area contributed by atoms with Crippen molar-refractivity contribution in [3.05, 3.63) is 59.9 Å². The van der Waals surface area contributed by atoms with Crippen LogP contribution >= 0.6 is 0 Å². The number of carbonyl (C=O) groups excluding carboxylic acids is 1. The summed E-state index contributed by atoms with van der Waals surface area (Å²) in [6.07, 6.45) is 3.04. The minimum atomic E-state index is -0.990. The van der Waals surface area contributed by atoms with Crippen molar-refractivity contribution in [2.24, 2.45) is 0 Å². The summed E-state index contributed by atoms with van der Waals surface area (Å²) >= 11 is 0. The Hall–Kier alpha value is -2.36. The average molecular weight is 229 g/mol. The molecule has 0 aliphatic heterocycles. The molecule has 0 bridgehead atoms. The van der Waals surface area contributed by atoms with Crippen LogP contribution < -0.4 is 0 Å². The van der Waals surface area contributed by atoms with Crippen LogP contribution in [0.3, 0.4) is 0 Å². The van der Waals surface area contributed by atoms with Crippen LogP contribution in [0.25, 0.3) is 0 Å². The van der Waals surface area contributed by atoms with Crippen LogP contribution in [0.5, 0.6) is 0 Å². The molecule has 1 N–H and O–H groups in total. The Bertz CT molecular complexity index is 543. The SMILES string of the molecule is O=C(O)c1ccn(CC(=O)c2ccccc2)c1. The Balaban J connectivity index is 2.11. The molecule has 0 aliphatic rings. The second-order valence-corrected chi connectivity index (χ2v) is 3.67. The number of carboxylic acid groups (broad SMARTS) is 1. The number of benzene rings is 1. The highest BCUT2D eigenvalue weighted by atomic mass is 16.4. The van der Waals surface area contributed by atoms with Gasteiger partial charge < -0.3 is 9.67 Å². The van der Waals surface area contributed by atoms with E-state index >= 15 is 0 Å². The fourth-order valence-corrected chi connectivity index (χ4v) is 1.55. The molecule has 0 aliphatic carbocycles. The first-order chi connectivity index (χ1) is 8.16. The van der Waals surface area contributed by atoms with E-state index in [0.717, 1.165) is 0 Å². The third-order valence-electron chi connectivity index (χ3n) is 2.42. The Morgan fingerprint density at radius 3 is 2.35 bits per heavy atom. The molecule has 0 saturated carbocycles. The maximum atomic E-state index is 11.8. The summed E-state index contributed by atoms with van der Waals surface area (Å²) in [7, 11) is 0. The van der Waals surface area contributed by atoms with Crippen LogP contribution in [0.2, 0.25) is 0 Å². The van der Waals surface area contributed by atoms with Crippen molar-refractivity contribution in [3.8, 4) is 0 Å². The number of hydrogen-bond acceptors (Lipinski definition) is 2. The van der Waals surface area contributed by atoms with Gasteiger partial charge >= 0.3 is 5.97 Å². The fraction of sp³-hybridized carbons (Fsp3) is 0.0769. The van der Waals surface area contributed by atoms with Crippen LogP contribution in [-0.2, 0) is 6.54 Å². The molecule has 1 aromatic heterocycles. The van der Waals surface area contributed by atoms with E-state index in [1.165, 1.54) is 12.3 Å². The van der Waals surface area contributed by atoms with E-state index in [4.69, 9.17) is 5.11 Å². The summed E-state index contributed by atoms with van der Waals surface area (Å²) in [5.41, 5.74) is 0.809. The van der Waals surface area contributed by atoms with E-state index < -0.39 is 5.97 Å². The zero-order valence-electron chi connectivity index (χ0n) is 9.04. The first kappa shape index (κ1) is 11.1. The summed E-state index contributed by atoms with van der Waals surface area (Å²) in [4.78, 5) is 22.5. The van der Waals surface area contributed by atoms with Crippen molar-refractivity contribution in [3.63, 3.8) is 0 Å². The zero-order chi connectivity index (χ0) is 12.3. The summed E-state index contributed by atoms with van der Waals surface area (Å²) in [6.45, 7) is 0.150. The lowest BCUT2D eigenvalue weighted by atomic mass is 10.1. The number of nitrogens with zero attached hydrogens (tertiary/aromatic N) is 1. The first-order valence-corrected chi connectivity index (χ1v) is 5.14. The van der Waals surface area contributed by atoms with Crippen LogP contribution in [-0.4, -0.2) is 21.4 Å². The highest BCUT2D eigenvalue weighted by molar-refractivity contribution is 5.96. The number of carboxylic acids is 1. The van der Waals surface area contributed by atoms with Crippen molar-refractivity contribution in [2.45, 2.75) is 6.54 Å². The molecule has 0 spiro atoms. The van der Waals surface area contributed by atoms with Gasteiger partial charge in [-0.2, -0.15) is 0 Å². The fourth-order valence-electron chi connectivity index (χ4n) is 1.55. The molecule has 0 radical (unpaired) electrons. The van der Waals surface area contributed by atoms with E-state index in [2.05, 4.69) is 0 Å². The molecule has 1 aromatic carbocycles. The molecule has 4 nitrogen and oxygen atoms in total. The smallest absolute Gasteiger partial charge is 0.337 e. The van der Waals surface area contributed by atoms with Gasteiger partial charge in [0.2, 0.25) is 0 Å². The van der Waals surface area contributed by atoms with E-state index in [1.807, 2.05) is 6.07 Å². The number of aromatic carboxylic acids is 1. The van der Waals surface area contributed by atoms with Gasteiger partial charge in [-0.1, -0.05) is 30.3 Å². The van der Waals surface area contributed by atoms with Crippen molar-refractivity contribution < 1.29 is 14.7 Å². The Labute approximate surface area is 98.1 Å². The maximum Gasteiger partial charge on any atom is 0.337 e. The van der Waals surface area contributed by atoms with Crippen molar-refractivity contribution >= 4 is 11.8 Å². The summed E-state index contributed by atoms with van der Waals surface area (Å²) < 4.78 is 1.57. The van der Waals surface area contributed by atoms with Crippen molar-refractivity contribution in [1.29, 1.82) is 0 Å². The van der Waals surface area contributed by atoms with Gasteiger partial charge in [0.05, 0.1) is 12.1 Å². The number of Topliss-reactive ketones (excluding diaryl/α,β-unsaturated/α-hetero) is 1. The second-order valence-electron chi connectivity index (χ2n) is 3.67. The standard InChI is InChI=1S/C13H11NO3/c15-12(10-4-2-1-3-5-10)9-14-7-6-11(8-14)13(16)17/h1-8H,9H2,(H,16,17). The topological polar surface area (TPSA) is 59.3 Å². The van der Waals surface area contributed by atoms with Crippen LogP contribution in [0.1, 0.15) is 20.7 Å².